The number of carbonyl (C=O) groups is 3. The first kappa shape index (κ1) is 34.0. The maximum absolute atomic E-state index is 13.8. The van der Waals surface area contributed by atoms with Gasteiger partial charge in [0, 0.05) is 17.6 Å². The molecule has 0 bridgehead atoms. The van der Waals surface area contributed by atoms with E-state index < -0.39 is 30.2 Å². The van der Waals surface area contributed by atoms with Crippen molar-refractivity contribution in [3.63, 3.8) is 0 Å². The first-order chi connectivity index (χ1) is 23.3. The van der Waals surface area contributed by atoms with Crippen LogP contribution in [0.4, 0.5) is 10.5 Å². The Kier molecular flexibility index (Phi) is 12.0. The summed E-state index contributed by atoms with van der Waals surface area (Å²) in [6.07, 6.45) is 0.776. The van der Waals surface area contributed by atoms with E-state index in [-0.39, 0.29) is 30.2 Å². The molecule has 0 radical (unpaired) electrons. The van der Waals surface area contributed by atoms with Gasteiger partial charge in [-0.15, -0.1) is 11.3 Å². The van der Waals surface area contributed by atoms with E-state index in [1.54, 1.807) is 54.0 Å². The Morgan fingerprint density at radius 3 is 2.15 bits per heavy atom. The summed E-state index contributed by atoms with van der Waals surface area (Å²) in [4.78, 5) is 48.0. The molecule has 4 N–H and O–H groups in total. The number of carbonyl (C=O) groups excluding carboxylic acids is 3. The van der Waals surface area contributed by atoms with Crippen molar-refractivity contribution in [2.24, 2.45) is 0 Å². The summed E-state index contributed by atoms with van der Waals surface area (Å²) in [7, 11) is 0. The Morgan fingerprint density at radius 2 is 1.48 bits per heavy atom. The van der Waals surface area contributed by atoms with E-state index in [4.69, 9.17) is 4.74 Å². The zero-order valence-corrected chi connectivity index (χ0v) is 27.2. The van der Waals surface area contributed by atoms with E-state index >= 15 is 0 Å². The number of pyridine rings is 1. The van der Waals surface area contributed by atoms with Crippen LogP contribution < -0.4 is 16.0 Å². The highest BCUT2D eigenvalue weighted by Crippen LogP contribution is 2.19. The molecule has 3 atom stereocenters. The van der Waals surface area contributed by atoms with Gasteiger partial charge in [0.1, 0.15) is 12.3 Å². The highest BCUT2D eigenvalue weighted by molar-refractivity contribution is 7.09. The first-order valence-corrected chi connectivity index (χ1v) is 16.4. The highest BCUT2D eigenvalue weighted by atomic mass is 32.1. The zero-order chi connectivity index (χ0) is 33.7. The number of hydrogen-bond donors (Lipinski definition) is 4. The molecule has 0 unspecified atom stereocenters. The number of aryl methyl sites for hydroxylation is 1. The lowest BCUT2D eigenvalue weighted by molar-refractivity contribution is 0.0753. The summed E-state index contributed by atoms with van der Waals surface area (Å²) in [6, 6.07) is 30.0. The van der Waals surface area contributed by atoms with Crippen molar-refractivity contribution in [1.82, 2.24) is 20.6 Å². The van der Waals surface area contributed by atoms with Gasteiger partial charge in [0.15, 0.2) is 0 Å². The van der Waals surface area contributed by atoms with Crippen LogP contribution in [0.5, 0.6) is 0 Å². The summed E-state index contributed by atoms with van der Waals surface area (Å²) in [5, 5.41) is 22.8. The lowest BCUT2D eigenvalue weighted by Gasteiger charge is -2.28. The molecule has 11 heteroatoms. The fourth-order valence-corrected chi connectivity index (χ4v) is 5.82. The number of amides is 3. The van der Waals surface area contributed by atoms with Crippen molar-refractivity contribution in [2.75, 3.05) is 5.32 Å². The van der Waals surface area contributed by atoms with Gasteiger partial charge in [-0.25, -0.2) is 9.78 Å². The Hall–Kier alpha value is -5.39. The maximum Gasteiger partial charge on any atom is 0.412 e. The van der Waals surface area contributed by atoms with Crippen molar-refractivity contribution in [1.29, 1.82) is 0 Å². The van der Waals surface area contributed by atoms with E-state index in [1.807, 2.05) is 67.6 Å². The van der Waals surface area contributed by atoms with Gasteiger partial charge in [0.2, 0.25) is 0 Å². The van der Waals surface area contributed by atoms with E-state index in [1.165, 1.54) is 11.3 Å². The normalized spacial score (nSPS) is 12.7. The minimum Gasteiger partial charge on any atom is -0.443 e. The highest BCUT2D eigenvalue weighted by Gasteiger charge is 2.28. The molecule has 3 aromatic carbocycles. The molecule has 0 aliphatic heterocycles. The van der Waals surface area contributed by atoms with E-state index in [0.29, 0.717) is 24.2 Å². The smallest absolute Gasteiger partial charge is 0.412 e. The number of aliphatic hydroxyl groups is 1. The lowest BCUT2D eigenvalue weighted by atomic mass is 9.93. The average molecular weight is 664 g/mol. The second-order valence-electron chi connectivity index (χ2n) is 11.3. The number of thiazole rings is 1. The number of nitrogens with zero attached hydrogens (tertiary/aromatic N) is 2. The minimum atomic E-state index is -1.03. The Bertz CT molecular complexity index is 1790. The third-order valence-electron chi connectivity index (χ3n) is 7.60. The summed E-state index contributed by atoms with van der Waals surface area (Å²) in [5.74, 6) is -0.816. The molecule has 0 spiro atoms. The molecule has 5 aromatic rings. The average Bonchev–Trinajstić information content (AvgIpc) is 3.55. The molecule has 10 nitrogen and oxygen atoms in total. The summed E-state index contributed by atoms with van der Waals surface area (Å²) >= 11 is 1.38. The van der Waals surface area contributed by atoms with Crippen molar-refractivity contribution < 1.29 is 24.2 Å². The van der Waals surface area contributed by atoms with Gasteiger partial charge in [0.05, 0.1) is 34.1 Å². The maximum atomic E-state index is 13.8. The Morgan fingerprint density at radius 1 is 0.812 bits per heavy atom. The van der Waals surface area contributed by atoms with Crippen LogP contribution in [-0.4, -0.2) is 51.2 Å². The van der Waals surface area contributed by atoms with Crippen LogP contribution in [0.15, 0.2) is 115 Å². The Labute approximate surface area is 283 Å². The molecule has 0 saturated carbocycles. The Balaban J connectivity index is 1.32. The third-order valence-corrected chi connectivity index (χ3v) is 8.38. The van der Waals surface area contributed by atoms with E-state index in [9.17, 15) is 19.5 Å². The SMILES string of the molecule is Cc1nc(C(=O)N[C@@H](Cc2ccccc2)[C@@H](O)C[C@H](Cc2ccccc2)NC(=O)c2ccccc2NC(=O)OCc2ccccn2)cs1. The van der Waals surface area contributed by atoms with Gasteiger partial charge >= 0.3 is 6.09 Å². The van der Waals surface area contributed by atoms with Crippen LogP contribution in [0, 0.1) is 6.92 Å². The number of para-hydroxylation sites is 1. The van der Waals surface area contributed by atoms with Gasteiger partial charge < -0.3 is 20.5 Å². The molecule has 0 fully saturated rings. The minimum absolute atomic E-state index is 0.0269. The molecule has 0 aliphatic rings. The molecular weight excluding hydrogens is 627 g/mol. The molecule has 3 amide bonds. The predicted octanol–water partition coefficient (Wildman–Crippen LogP) is 5.73. The molecule has 0 saturated heterocycles. The van der Waals surface area contributed by atoms with Crippen molar-refractivity contribution in [2.45, 2.75) is 51.0 Å². The second kappa shape index (κ2) is 17.0. The number of nitrogens with one attached hydrogen (secondary N) is 3. The summed E-state index contributed by atoms with van der Waals surface area (Å²) < 4.78 is 5.30. The number of ether oxygens (including phenoxy) is 1. The zero-order valence-electron chi connectivity index (χ0n) is 26.4. The number of anilines is 1. The summed E-state index contributed by atoms with van der Waals surface area (Å²) in [5.41, 5.74) is 3.28. The number of aliphatic hydroxyl groups excluding tert-OH is 1. The van der Waals surface area contributed by atoms with Crippen molar-refractivity contribution >= 4 is 34.9 Å². The molecule has 2 aromatic heterocycles. The van der Waals surface area contributed by atoms with Gasteiger partial charge in [-0.1, -0.05) is 78.9 Å². The molecule has 5 rings (SSSR count). The van der Waals surface area contributed by atoms with Crippen LogP contribution in [0.2, 0.25) is 0 Å². The monoisotopic (exact) mass is 663 g/mol. The molecule has 2 heterocycles. The van der Waals surface area contributed by atoms with Gasteiger partial charge in [0.25, 0.3) is 11.8 Å². The van der Waals surface area contributed by atoms with Gasteiger partial charge in [-0.3, -0.25) is 19.9 Å². The standard InChI is InChI=1S/C37H37N5O5S/c1-25-39-33(24-48-25)36(45)41-32(21-27-14-6-3-7-15-27)34(43)22-29(20-26-12-4-2-5-13-26)40-35(44)30-17-8-9-18-31(30)42-37(46)47-23-28-16-10-11-19-38-28/h2-19,24,29,32,34,43H,20-23H2,1H3,(H,40,44)(H,41,45)(H,42,46)/t29-,32-,34-/m0/s1. The van der Waals surface area contributed by atoms with Gasteiger partial charge in [-0.2, -0.15) is 0 Å². The molecule has 246 valence electrons. The second-order valence-corrected chi connectivity index (χ2v) is 12.3. The molecular formula is C37H37N5O5S. The fourth-order valence-electron chi connectivity index (χ4n) is 5.23. The van der Waals surface area contributed by atoms with Crippen LogP contribution >= 0.6 is 11.3 Å². The largest absolute Gasteiger partial charge is 0.443 e. The fraction of sp³-hybridized carbons (Fsp3) is 0.216. The lowest BCUT2D eigenvalue weighted by Crippen LogP contribution is -2.48. The van der Waals surface area contributed by atoms with Crippen LogP contribution in [-0.2, 0) is 24.2 Å². The van der Waals surface area contributed by atoms with E-state index in [0.717, 1.165) is 16.1 Å². The number of hydrogen-bond acceptors (Lipinski definition) is 8. The molecule has 48 heavy (non-hydrogen) atoms. The summed E-state index contributed by atoms with van der Waals surface area (Å²) in [6.45, 7) is 1.80. The topological polar surface area (TPSA) is 143 Å². The third kappa shape index (κ3) is 10.1. The number of aromatic nitrogens is 2. The van der Waals surface area contributed by atoms with Crippen molar-refractivity contribution in [3.8, 4) is 0 Å². The van der Waals surface area contributed by atoms with Crippen LogP contribution in [0.25, 0.3) is 0 Å². The molecule has 0 aliphatic carbocycles. The quantitative estimate of drug-likeness (QED) is 0.119. The number of rotatable bonds is 14. The van der Waals surface area contributed by atoms with Crippen molar-refractivity contribution in [3.05, 3.63) is 148 Å². The number of benzene rings is 3. The van der Waals surface area contributed by atoms with Crippen LogP contribution in [0.1, 0.15) is 49.1 Å². The first-order valence-electron chi connectivity index (χ1n) is 15.6. The van der Waals surface area contributed by atoms with E-state index in [2.05, 4.69) is 25.9 Å². The predicted molar refractivity (Wildman–Crippen MR) is 185 cm³/mol. The van der Waals surface area contributed by atoms with Gasteiger partial charge in [-0.05, 0) is 61.6 Å². The van der Waals surface area contributed by atoms with Crippen LogP contribution in [0.3, 0.4) is 0 Å².